The zero-order chi connectivity index (χ0) is 29.5. The lowest BCUT2D eigenvalue weighted by atomic mass is 9.84. The largest absolute Gasteiger partial charge is 0.135 e. The molecule has 0 saturated heterocycles. The molecule has 10 aromatic rings. The highest BCUT2D eigenvalue weighted by Crippen LogP contribution is 2.48. The fourth-order valence-corrected chi connectivity index (χ4v) is 8.60. The van der Waals surface area contributed by atoms with E-state index in [9.17, 15) is 0 Å². The molecule has 1 aromatic heterocycles. The molecule has 0 atom stereocenters. The van der Waals surface area contributed by atoms with Crippen LogP contribution in [0.15, 0.2) is 158 Å². The molecule has 0 spiro atoms. The predicted molar refractivity (Wildman–Crippen MR) is 198 cm³/mol. The molecule has 1 heteroatoms. The lowest BCUT2D eigenvalue weighted by molar-refractivity contribution is 1.69. The zero-order valence-electron chi connectivity index (χ0n) is 24.4. The van der Waals surface area contributed by atoms with Gasteiger partial charge in [-0.05, 0) is 113 Å². The van der Waals surface area contributed by atoms with Gasteiger partial charge in [-0.2, -0.15) is 0 Å². The normalized spacial score (nSPS) is 12.0. The van der Waals surface area contributed by atoms with E-state index in [1.54, 1.807) is 0 Å². The van der Waals surface area contributed by atoms with Crippen molar-refractivity contribution < 1.29 is 0 Å². The van der Waals surface area contributed by atoms with E-state index < -0.39 is 0 Å². The Labute approximate surface area is 264 Å². The molecule has 0 N–H and O–H groups in total. The number of hydrogen-bond acceptors (Lipinski definition) is 1. The smallest absolute Gasteiger partial charge is 0.0362 e. The minimum Gasteiger partial charge on any atom is -0.135 e. The topological polar surface area (TPSA) is 0 Å². The number of rotatable bonds is 2. The van der Waals surface area contributed by atoms with Gasteiger partial charge in [-0.3, -0.25) is 0 Å². The molecule has 0 amide bonds. The van der Waals surface area contributed by atoms with Crippen LogP contribution in [-0.2, 0) is 0 Å². The highest BCUT2D eigenvalue weighted by atomic mass is 32.1. The van der Waals surface area contributed by atoms with Crippen LogP contribution >= 0.6 is 11.3 Å². The summed E-state index contributed by atoms with van der Waals surface area (Å²) in [6, 6.07) is 58.7. The van der Waals surface area contributed by atoms with Gasteiger partial charge in [0.2, 0.25) is 0 Å². The molecule has 45 heavy (non-hydrogen) atoms. The Kier molecular flexibility index (Phi) is 5.25. The van der Waals surface area contributed by atoms with Crippen LogP contribution in [0, 0.1) is 0 Å². The molecule has 0 unspecified atom stereocenters. The lowest BCUT2D eigenvalue weighted by Crippen LogP contribution is -1.91. The van der Waals surface area contributed by atoms with E-state index in [0.717, 1.165) is 0 Å². The van der Waals surface area contributed by atoms with Crippen LogP contribution in [-0.4, -0.2) is 0 Å². The van der Waals surface area contributed by atoms with Crippen molar-refractivity contribution in [3.63, 3.8) is 0 Å². The van der Waals surface area contributed by atoms with Crippen LogP contribution in [0.25, 0.3) is 96.3 Å². The highest BCUT2D eigenvalue weighted by molar-refractivity contribution is 7.26. The maximum absolute atomic E-state index is 2.49. The van der Waals surface area contributed by atoms with E-state index in [1.165, 1.54) is 96.3 Å². The van der Waals surface area contributed by atoms with Crippen molar-refractivity contribution in [1.29, 1.82) is 0 Å². The second kappa shape index (κ2) is 9.50. The molecule has 0 radical (unpaired) electrons. The quantitative estimate of drug-likeness (QED) is 0.177. The molecule has 0 saturated carbocycles. The average Bonchev–Trinajstić information content (AvgIpc) is 3.44. The summed E-state index contributed by atoms with van der Waals surface area (Å²) in [5.41, 5.74) is 5.12. The Bertz CT molecular complexity index is 2820. The summed E-state index contributed by atoms with van der Waals surface area (Å²) < 4.78 is 2.66. The molecule has 208 valence electrons. The van der Waals surface area contributed by atoms with Gasteiger partial charge in [0.05, 0.1) is 0 Å². The molecule has 9 aromatic carbocycles. The van der Waals surface area contributed by atoms with E-state index in [2.05, 4.69) is 158 Å². The van der Waals surface area contributed by atoms with Crippen molar-refractivity contribution in [1.82, 2.24) is 0 Å². The van der Waals surface area contributed by atoms with Gasteiger partial charge in [0.15, 0.2) is 0 Å². The summed E-state index contributed by atoms with van der Waals surface area (Å²) in [4.78, 5) is 0. The van der Waals surface area contributed by atoms with Crippen LogP contribution < -0.4 is 0 Å². The van der Waals surface area contributed by atoms with Gasteiger partial charge >= 0.3 is 0 Å². The van der Waals surface area contributed by atoms with Gasteiger partial charge in [-0.1, -0.05) is 121 Å². The first-order chi connectivity index (χ1) is 22.3. The van der Waals surface area contributed by atoms with Gasteiger partial charge in [-0.15, -0.1) is 11.3 Å². The number of thiophene rings is 1. The monoisotopic (exact) mass is 586 g/mol. The maximum Gasteiger partial charge on any atom is 0.0362 e. The molecule has 10 rings (SSSR count). The first kappa shape index (κ1) is 24.9. The minimum absolute atomic E-state index is 1.25. The van der Waals surface area contributed by atoms with Crippen molar-refractivity contribution >= 4 is 85.4 Å². The molecule has 1 heterocycles. The Morgan fingerprint density at radius 2 is 0.689 bits per heavy atom. The first-order valence-electron chi connectivity index (χ1n) is 15.5. The van der Waals surface area contributed by atoms with Crippen LogP contribution in [0.2, 0.25) is 0 Å². The van der Waals surface area contributed by atoms with E-state index in [-0.39, 0.29) is 0 Å². The van der Waals surface area contributed by atoms with Gasteiger partial charge < -0.3 is 0 Å². The Morgan fingerprint density at radius 3 is 1.27 bits per heavy atom. The summed E-state index contributed by atoms with van der Waals surface area (Å²) in [6.07, 6.45) is 0. The summed E-state index contributed by atoms with van der Waals surface area (Å²) >= 11 is 1.91. The Morgan fingerprint density at radius 1 is 0.267 bits per heavy atom. The third-order valence-corrected chi connectivity index (χ3v) is 10.7. The minimum atomic E-state index is 1.25. The van der Waals surface area contributed by atoms with Crippen LogP contribution in [0.3, 0.4) is 0 Å². The van der Waals surface area contributed by atoms with Gasteiger partial charge in [0, 0.05) is 20.2 Å². The van der Waals surface area contributed by atoms with Crippen molar-refractivity contribution in [2.45, 2.75) is 0 Å². The van der Waals surface area contributed by atoms with Crippen LogP contribution in [0.1, 0.15) is 0 Å². The summed E-state index contributed by atoms with van der Waals surface area (Å²) in [6.45, 7) is 0. The third kappa shape index (κ3) is 3.78. The van der Waals surface area contributed by atoms with Gasteiger partial charge in [0.1, 0.15) is 0 Å². The SMILES string of the molecule is c1ccc2cc(-c3c4ccccc4c(-c4ccc5ccccc5c4)c4cc5c(cc34)sc3cc4ccccc4cc35)ccc2c1. The molecule has 0 aliphatic rings. The summed E-state index contributed by atoms with van der Waals surface area (Å²) in [5, 5.41) is 15.5. The third-order valence-electron chi connectivity index (χ3n) is 9.56. The Balaban J connectivity index is 1.39. The molecule has 0 fully saturated rings. The number of benzene rings is 9. The van der Waals surface area contributed by atoms with Crippen LogP contribution in [0.4, 0.5) is 0 Å². The first-order valence-corrected chi connectivity index (χ1v) is 16.3. The molecule has 0 aliphatic carbocycles. The Hall–Kier alpha value is -5.50. The summed E-state index contributed by atoms with van der Waals surface area (Å²) in [7, 11) is 0. The van der Waals surface area contributed by atoms with Gasteiger partial charge in [0.25, 0.3) is 0 Å². The second-order valence-corrected chi connectivity index (χ2v) is 13.2. The number of hydrogen-bond donors (Lipinski definition) is 0. The number of fused-ring (bicyclic) bond motifs is 8. The molecular weight excluding hydrogens is 561 g/mol. The van der Waals surface area contributed by atoms with Crippen molar-refractivity contribution in [2.75, 3.05) is 0 Å². The van der Waals surface area contributed by atoms with E-state index >= 15 is 0 Å². The van der Waals surface area contributed by atoms with Crippen molar-refractivity contribution in [2.24, 2.45) is 0 Å². The standard InChI is InChI=1S/C44H26S/c1-3-11-29-21-33(19-17-27(29)9-1)43-35-15-7-8-16-36(35)44(34-20-18-28-10-2-4-12-30(28)22-34)40-26-42-38(25-39(40)43)37-23-31-13-5-6-14-32(31)24-41(37)45-42/h1-26H. The van der Waals surface area contributed by atoms with Gasteiger partial charge in [-0.25, -0.2) is 0 Å². The second-order valence-electron chi connectivity index (χ2n) is 12.1. The fourth-order valence-electron chi connectivity index (χ4n) is 7.44. The van der Waals surface area contributed by atoms with E-state index in [1.807, 2.05) is 11.3 Å². The van der Waals surface area contributed by atoms with Crippen LogP contribution in [0.5, 0.6) is 0 Å². The molecule has 0 nitrogen and oxygen atoms in total. The van der Waals surface area contributed by atoms with Crippen molar-refractivity contribution in [3.05, 3.63) is 158 Å². The summed E-state index contributed by atoms with van der Waals surface area (Å²) in [5.74, 6) is 0. The molecular formula is C44H26S. The van der Waals surface area contributed by atoms with E-state index in [4.69, 9.17) is 0 Å². The van der Waals surface area contributed by atoms with Crippen molar-refractivity contribution in [3.8, 4) is 22.3 Å². The zero-order valence-corrected chi connectivity index (χ0v) is 25.2. The lowest BCUT2D eigenvalue weighted by Gasteiger charge is -2.19. The molecule has 0 aliphatic heterocycles. The molecule has 0 bridgehead atoms. The predicted octanol–water partition coefficient (Wildman–Crippen LogP) is 13.2. The highest BCUT2D eigenvalue weighted by Gasteiger charge is 2.19. The van der Waals surface area contributed by atoms with E-state index in [0.29, 0.717) is 0 Å². The maximum atomic E-state index is 2.49. The fraction of sp³-hybridized carbons (Fsp3) is 0. The average molecular weight is 587 g/mol.